The average molecular weight is 161 g/mol. The Morgan fingerprint density at radius 3 is 2.91 bits per heavy atom. The van der Waals surface area contributed by atoms with E-state index in [-0.39, 0.29) is 6.61 Å². The van der Waals surface area contributed by atoms with Crippen LogP contribution in [0.3, 0.4) is 0 Å². The summed E-state index contributed by atoms with van der Waals surface area (Å²) < 4.78 is 5.02. The lowest BCUT2D eigenvalue weighted by atomic mass is 10.2. The van der Waals surface area contributed by atoms with E-state index >= 15 is 0 Å². The number of aliphatic hydroxyl groups is 2. The summed E-state index contributed by atoms with van der Waals surface area (Å²) in [6, 6.07) is 0. The van der Waals surface area contributed by atoms with E-state index < -0.39 is 18.4 Å². The molecule has 0 aliphatic carbocycles. The van der Waals surface area contributed by atoms with E-state index in [9.17, 15) is 4.79 Å². The van der Waals surface area contributed by atoms with E-state index in [1.165, 1.54) is 0 Å². The summed E-state index contributed by atoms with van der Waals surface area (Å²) in [4.78, 5) is 9.93. The second-order valence-corrected chi connectivity index (χ2v) is 2.43. The van der Waals surface area contributed by atoms with E-state index in [1.807, 2.05) is 0 Å². The van der Waals surface area contributed by atoms with Gasteiger partial charge in [-0.15, -0.1) is 0 Å². The third-order valence-corrected chi connectivity index (χ3v) is 1.66. The van der Waals surface area contributed by atoms with E-state index in [0.29, 0.717) is 12.8 Å². The van der Waals surface area contributed by atoms with Gasteiger partial charge in [0.2, 0.25) is 6.41 Å². The molecule has 1 amide bonds. The molecule has 5 nitrogen and oxygen atoms in total. The summed E-state index contributed by atoms with van der Waals surface area (Å²) in [5, 5.41) is 20.1. The van der Waals surface area contributed by atoms with Crippen molar-refractivity contribution in [3.63, 3.8) is 0 Å². The molecule has 1 rings (SSSR count). The minimum absolute atomic E-state index is 0.224. The molecule has 1 saturated heterocycles. The molecule has 0 aromatic carbocycles. The van der Waals surface area contributed by atoms with Crippen LogP contribution in [-0.4, -0.2) is 41.7 Å². The van der Waals surface area contributed by atoms with Gasteiger partial charge in [-0.3, -0.25) is 4.79 Å². The molecule has 64 valence electrons. The molecule has 1 heterocycles. The number of ether oxygens (including phenoxy) is 1. The summed E-state index contributed by atoms with van der Waals surface area (Å²) >= 11 is 0. The summed E-state index contributed by atoms with van der Waals surface area (Å²) in [6.07, 6.45) is -0.856. The third kappa shape index (κ3) is 1.89. The van der Waals surface area contributed by atoms with Crippen molar-refractivity contribution in [1.29, 1.82) is 0 Å². The Labute approximate surface area is 64.0 Å². The molecule has 11 heavy (non-hydrogen) atoms. The van der Waals surface area contributed by atoms with Crippen molar-refractivity contribution in [1.82, 2.24) is 5.32 Å². The van der Waals surface area contributed by atoms with Gasteiger partial charge in [0.1, 0.15) is 12.3 Å². The monoisotopic (exact) mass is 161 g/mol. The number of carbonyl (C=O) groups is 1. The highest BCUT2D eigenvalue weighted by Crippen LogP contribution is 2.17. The van der Waals surface area contributed by atoms with Crippen LogP contribution in [0.4, 0.5) is 0 Å². The Morgan fingerprint density at radius 1 is 1.73 bits per heavy atom. The van der Waals surface area contributed by atoms with Crippen LogP contribution in [-0.2, 0) is 9.53 Å². The molecule has 0 aromatic rings. The first-order valence-electron chi connectivity index (χ1n) is 3.42. The number of rotatable bonds is 3. The van der Waals surface area contributed by atoms with Crippen LogP contribution in [0.2, 0.25) is 0 Å². The van der Waals surface area contributed by atoms with Gasteiger partial charge in [-0.25, -0.2) is 0 Å². The quantitative estimate of drug-likeness (QED) is 0.427. The Morgan fingerprint density at radius 2 is 2.45 bits per heavy atom. The van der Waals surface area contributed by atoms with Gasteiger partial charge in [-0.1, -0.05) is 0 Å². The highest BCUT2D eigenvalue weighted by molar-refractivity contribution is 5.46. The van der Waals surface area contributed by atoms with Crippen molar-refractivity contribution in [3.8, 4) is 0 Å². The number of amides is 1. The predicted octanol–water partition coefficient (Wildman–Crippen LogP) is -1.80. The molecule has 5 heteroatoms. The number of carbonyl (C=O) groups excluding carboxylic acids is 1. The molecule has 3 N–H and O–H groups in total. The average Bonchev–Trinajstić information content (AvgIpc) is 2.32. The van der Waals surface area contributed by atoms with Gasteiger partial charge in [-0.05, 0) is 0 Å². The maximum absolute atomic E-state index is 9.93. The second kappa shape index (κ2) is 3.66. The van der Waals surface area contributed by atoms with Crippen LogP contribution in [0.1, 0.15) is 6.42 Å². The summed E-state index contributed by atoms with van der Waals surface area (Å²) in [5.74, 6) is 0. The van der Waals surface area contributed by atoms with Crippen molar-refractivity contribution in [2.24, 2.45) is 0 Å². The van der Waals surface area contributed by atoms with Gasteiger partial charge in [0.05, 0.1) is 12.7 Å². The van der Waals surface area contributed by atoms with Gasteiger partial charge in [0.25, 0.3) is 0 Å². The SMILES string of the molecule is O=CN[C@H]1C[C@H](O)[C@@H](CO)O1. The van der Waals surface area contributed by atoms with E-state index in [4.69, 9.17) is 14.9 Å². The molecule has 1 aliphatic rings. The van der Waals surface area contributed by atoms with E-state index in [0.717, 1.165) is 0 Å². The van der Waals surface area contributed by atoms with Crippen molar-refractivity contribution in [2.75, 3.05) is 6.61 Å². The molecule has 0 bridgehead atoms. The van der Waals surface area contributed by atoms with Crippen molar-refractivity contribution < 1.29 is 19.7 Å². The van der Waals surface area contributed by atoms with Gasteiger partial charge in [-0.2, -0.15) is 0 Å². The normalized spacial score (nSPS) is 37.1. The zero-order chi connectivity index (χ0) is 8.27. The number of aliphatic hydroxyl groups excluding tert-OH is 2. The Balaban J connectivity index is 2.36. The number of nitrogens with one attached hydrogen (secondary N) is 1. The lowest BCUT2D eigenvalue weighted by Gasteiger charge is -2.10. The lowest BCUT2D eigenvalue weighted by Crippen LogP contribution is -2.28. The van der Waals surface area contributed by atoms with Gasteiger partial charge >= 0.3 is 0 Å². The molecule has 0 aromatic heterocycles. The van der Waals surface area contributed by atoms with Crippen LogP contribution >= 0.6 is 0 Å². The van der Waals surface area contributed by atoms with Crippen molar-refractivity contribution in [3.05, 3.63) is 0 Å². The molecular weight excluding hydrogens is 150 g/mol. The first-order chi connectivity index (χ1) is 5.27. The van der Waals surface area contributed by atoms with Crippen molar-refractivity contribution >= 4 is 6.41 Å². The molecule has 1 fully saturated rings. The number of hydrogen-bond acceptors (Lipinski definition) is 4. The van der Waals surface area contributed by atoms with Crippen LogP contribution in [0, 0.1) is 0 Å². The fourth-order valence-corrected chi connectivity index (χ4v) is 1.08. The fraction of sp³-hybridized carbons (Fsp3) is 0.833. The molecule has 0 spiro atoms. The van der Waals surface area contributed by atoms with Crippen LogP contribution in [0.5, 0.6) is 0 Å². The van der Waals surface area contributed by atoms with Crippen LogP contribution in [0.15, 0.2) is 0 Å². The fourth-order valence-electron chi connectivity index (χ4n) is 1.08. The molecule has 3 atom stereocenters. The first-order valence-corrected chi connectivity index (χ1v) is 3.42. The highest BCUT2D eigenvalue weighted by Gasteiger charge is 2.32. The Bertz CT molecular complexity index is 141. The predicted molar refractivity (Wildman–Crippen MR) is 35.6 cm³/mol. The summed E-state index contributed by atoms with van der Waals surface area (Å²) in [7, 11) is 0. The maximum atomic E-state index is 9.93. The van der Waals surface area contributed by atoms with E-state index in [2.05, 4.69) is 5.32 Å². The standard InChI is InChI=1S/C6H11NO4/c8-2-5-4(10)1-6(11-5)7-3-9/h3-6,8,10H,1-2H2,(H,7,9)/t4-,5+,6+/m0/s1. The van der Waals surface area contributed by atoms with E-state index in [1.54, 1.807) is 0 Å². The smallest absolute Gasteiger partial charge is 0.209 e. The summed E-state index contributed by atoms with van der Waals surface area (Å²) in [6.45, 7) is -0.224. The molecule has 0 saturated carbocycles. The highest BCUT2D eigenvalue weighted by atomic mass is 16.5. The van der Waals surface area contributed by atoms with Gasteiger partial charge < -0.3 is 20.3 Å². The van der Waals surface area contributed by atoms with Crippen molar-refractivity contribution in [2.45, 2.75) is 24.9 Å². The Hall–Kier alpha value is -0.650. The lowest BCUT2D eigenvalue weighted by molar-refractivity contribution is -0.114. The third-order valence-electron chi connectivity index (χ3n) is 1.66. The zero-order valence-electron chi connectivity index (χ0n) is 5.93. The molecule has 0 radical (unpaired) electrons. The second-order valence-electron chi connectivity index (χ2n) is 2.43. The zero-order valence-corrected chi connectivity index (χ0v) is 5.93. The van der Waals surface area contributed by atoms with Gasteiger partial charge in [0.15, 0.2) is 0 Å². The molecular formula is C6H11NO4. The topological polar surface area (TPSA) is 78.8 Å². The summed E-state index contributed by atoms with van der Waals surface area (Å²) in [5.41, 5.74) is 0. The first kappa shape index (κ1) is 8.45. The maximum Gasteiger partial charge on any atom is 0.209 e. The molecule has 1 aliphatic heterocycles. The molecule has 0 unspecified atom stereocenters. The number of hydrogen-bond donors (Lipinski definition) is 3. The van der Waals surface area contributed by atoms with Crippen LogP contribution in [0.25, 0.3) is 0 Å². The Kier molecular flexibility index (Phi) is 2.81. The van der Waals surface area contributed by atoms with Crippen LogP contribution < -0.4 is 5.32 Å². The minimum Gasteiger partial charge on any atom is -0.394 e. The largest absolute Gasteiger partial charge is 0.394 e. The van der Waals surface area contributed by atoms with Gasteiger partial charge in [0, 0.05) is 6.42 Å². The minimum atomic E-state index is -0.683.